The second-order valence-corrected chi connectivity index (χ2v) is 8.83. The molecule has 0 aromatic heterocycles. The highest BCUT2D eigenvalue weighted by atomic mass is 16.6. The van der Waals surface area contributed by atoms with Gasteiger partial charge in [-0.05, 0) is 57.2 Å². The summed E-state index contributed by atoms with van der Waals surface area (Å²) >= 11 is 0. The van der Waals surface area contributed by atoms with E-state index in [9.17, 15) is 19.2 Å². The van der Waals surface area contributed by atoms with Crippen molar-refractivity contribution >= 4 is 23.9 Å². The molecule has 202 valence electrons. The zero-order valence-electron chi connectivity index (χ0n) is 22.2. The van der Waals surface area contributed by atoms with Crippen molar-refractivity contribution in [2.24, 2.45) is 5.73 Å². The highest BCUT2D eigenvalue weighted by Crippen LogP contribution is 2.30. The molecule has 0 fully saturated rings. The quantitative estimate of drug-likeness (QED) is 0.255. The molecule has 0 aliphatic carbocycles. The predicted molar refractivity (Wildman–Crippen MR) is 134 cm³/mol. The van der Waals surface area contributed by atoms with Crippen LogP contribution in [0, 0.1) is 0 Å². The van der Waals surface area contributed by atoms with Gasteiger partial charge in [0.1, 0.15) is 18.2 Å². The maximum atomic E-state index is 12.5. The maximum Gasteiger partial charge on any atom is 0.323 e. The van der Waals surface area contributed by atoms with Crippen LogP contribution in [0.4, 0.5) is 0 Å². The molecule has 0 spiro atoms. The van der Waals surface area contributed by atoms with E-state index in [-0.39, 0.29) is 36.7 Å². The van der Waals surface area contributed by atoms with Crippen molar-refractivity contribution in [3.8, 4) is 11.5 Å². The molecule has 1 aromatic carbocycles. The van der Waals surface area contributed by atoms with Crippen LogP contribution in [0.2, 0.25) is 0 Å². The largest absolute Gasteiger partial charge is 0.459 e. The van der Waals surface area contributed by atoms with Crippen LogP contribution in [0.15, 0.2) is 18.2 Å². The highest BCUT2D eigenvalue weighted by molar-refractivity contribution is 5.77. The Kier molecular flexibility index (Phi) is 14.4. The van der Waals surface area contributed by atoms with Crippen molar-refractivity contribution in [1.29, 1.82) is 0 Å². The van der Waals surface area contributed by atoms with E-state index in [0.717, 1.165) is 12.8 Å². The average molecular weight is 508 g/mol. The minimum absolute atomic E-state index is 0.0964. The fourth-order valence-electron chi connectivity index (χ4n) is 3.10. The molecule has 0 saturated heterocycles. The summed E-state index contributed by atoms with van der Waals surface area (Å²) in [6.45, 7) is 9.08. The highest BCUT2D eigenvalue weighted by Gasteiger charge is 2.24. The van der Waals surface area contributed by atoms with Crippen LogP contribution in [0.25, 0.3) is 0 Å². The van der Waals surface area contributed by atoms with Gasteiger partial charge < -0.3 is 24.7 Å². The van der Waals surface area contributed by atoms with E-state index in [1.165, 1.54) is 12.1 Å². The number of benzene rings is 1. The summed E-state index contributed by atoms with van der Waals surface area (Å²) in [6.07, 6.45) is 3.28. The first-order valence-electron chi connectivity index (χ1n) is 12.8. The standard InChI is InChI=1S/C27H41NO8/c1-6-9-12-25(30)35-22-15-14-20(17-23(22)36-26(31)13-10-7-2)16-21(28)27(32)34-19(5)18(4)33-24(29)11-8-3/h14-15,17-19,21H,6-13,16,28H2,1-5H3/t18-,19-,21-/m0/s1. The molecule has 9 nitrogen and oxygen atoms in total. The van der Waals surface area contributed by atoms with Gasteiger partial charge in [0, 0.05) is 19.3 Å². The van der Waals surface area contributed by atoms with Crippen LogP contribution >= 0.6 is 0 Å². The first-order valence-corrected chi connectivity index (χ1v) is 12.8. The van der Waals surface area contributed by atoms with Gasteiger partial charge in [0.25, 0.3) is 0 Å². The molecule has 0 aliphatic heterocycles. The molecular weight excluding hydrogens is 466 g/mol. The minimum Gasteiger partial charge on any atom is -0.459 e. The first-order chi connectivity index (χ1) is 17.1. The van der Waals surface area contributed by atoms with Gasteiger partial charge in [-0.3, -0.25) is 19.2 Å². The molecule has 9 heteroatoms. The van der Waals surface area contributed by atoms with Crippen molar-refractivity contribution in [1.82, 2.24) is 0 Å². The van der Waals surface area contributed by atoms with Gasteiger partial charge in [-0.15, -0.1) is 0 Å². The maximum absolute atomic E-state index is 12.5. The van der Waals surface area contributed by atoms with Crippen LogP contribution < -0.4 is 15.2 Å². The van der Waals surface area contributed by atoms with E-state index < -0.39 is 36.2 Å². The fourth-order valence-corrected chi connectivity index (χ4v) is 3.10. The Morgan fingerprint density at radius 1 is 0.750 bits per heavy atom. The Balaban J connectivity index is 2.89. The predicted octanol–water partition coefficient (Wildman–Crippen LogP) is 4.41. The van der Waals surface area contributed by atoms with E-state index in [1.807, 2.05) is 20.8 Å². The summed E-state index contributed by atoms with van der Waals surface area (Å²) in [5.74, 6) is -1.63. The Bertz CT molecular complexity index is 869. The zero-order chi connectivity index (χ0) is 27.1. The molecule has 0 radical (unpaired) electrons. The van der Waals surface area contributed by atoms with E-state index in [4.69, 9.17) is 24.7 Å². The van der Waals surface area contributed by atoms with Crippen LogP contribution in [-0.4, -0.2) is 42.1 Å². The summed E-state index contributed by atoms with van der Waals surface area (Å²) in [7, 11) is 0. The van der Waals surface area contributed by atoms with Crippen LogP contribution in [-0.2, 0) is 35.1 Å². The number of carbonyl (C=O) groups excluding carboxylic acids is 4. The van der Waals surface area contributed by atoms with Crippen LogP contribution in [0.3, 0.4) is 0 Å². The van der Waals surface area contributed by atoms with E-state index in [1.54, 1.807) is 19.9 Å². The van der Waals surface area contributed by atoms with Gasteiger partial charge in [0.15, 0.2) is 11.5 Å². The summed E-state index contributed by atoms with van der Waals surface area (Å²) in [5, 5.41) is 0. The lowest BCUT2D eigenvalue weighted by Gasteiger charge is -2.22. The molecular formula is C27H41NO8. The van der Waals surface area contributed by atoms with Crippen molar-refractivity contribution < 1.29 is 38.1 Å². The second-order valence-electron chi connectivity index (χ2n) is 8.83. The van der Waals surface area contributed by atoms with Crippen molar-refractivity contribution in [3.63, 3.8) is 0 Å². The smallest absolute Gasteiger partial charge is 0.323 e. The summed E-state index contributed by atoms with van der Waals surface area (Å²) in [6, 6.07) is 3.71. The van der Waals surface area contributed by atoms with E-state index in [0.29, 0.717) is 31.2 Å². The van der Waals surface area contributed by atoms with Crippen molar-refractivity contribution in [3.05, 3.63) is 23.8 Å². The topological polar surface area (TPSA) is 131 Å². The molecule has 0 bridgehead atoms. The number of esters is 4. The van der Waals surface area contributed by atoms with Gasteiger partial charge in [0.2, 0.25) is 0 Å². The summed E-state index contributed by atoms with van der Waals surface area (Å²) in [4.78, 5) is 48.5. The second kappa shape index (κ2) is 16.7. The van der Waals surface area contributed by atoms with E-state index >= 15 is 0 Å². The Hall–Kier alpha value is -2.94. The summed E-state index contributed by atoms with van der Waals surface area (Å²) in [5.41, 5.74) is 6.66. The number of hydrogen-bond donors (Lipinski definition) is 1. The van der Waals surface area contributed by atoms with Gasteiger partial charge >= 0.3 is 23.9 Å². The monoisotopic (exact) mass is 507 g/mol. The molecule has 1 aromatic rings. The zero-order valence-corrected chi connectivity index (χ0v) is 22.2. The van der Waals surface area contributed by atoms with Gasteiger partial charge in [0.05, 0.1) is 0 Å². The molecule has 36 heavy (non-hydrogen) atoms. The SMILES string of the molecule is CCCCC(=O)Oc1ccc(C[C@H](N)C(=O)O[C@@H](C)[C@H](C)OC(=O)CCC)cc1OC(=O)CCCC. The third-order valence-electron chi connectivity index (χ3n) is 5.42. The first kappa shape index (κ1) is 31.1. The Morgan fingerprint density at radius 3 is 1.86 bits per heavy atom. The number of hydrogen-bond acceptors (Lipinski definition) is 9. The van der Waals surface area contributed by atoms with Crippen molar-refractivity contribution in [2.45, 2.75) is 111 Å². The van der Waals surface area contributed by atoms with Gasteiger partial charge in [-0.1, -0.05) is 39.7 Å². The average Bonchev–Trinajstić information content (AvgIpc) is 2.82. The lowest BCUT2D eigenvalue weighted by molar-refractivity contribution is -0.166. The van der Waals surface area contributed by atoms with Crippen LogP contribution in [0.5, 0.6) is 11.5 Å². The molecule has 0 aliphatic rings. The normalized spacial score (nSPS) is 13.3. The molecule has 2 N–H and O–H groups in total. The summed E-state index contributed by atoms with van der Waals surface area (Å²) < 4.78 is 21.5. The van der Waals surface area contributed by atoms with Gasteiger partial charge in [-0.2, -0.15) is 0 Å². The third-order valence-corrected chi connectivity index (χ3v) is 5.42. The molecule has 3 atom stereocenters. The Labute approximate surface area is 214 Å². The number of rotatable bonds is 16. The molecule has 0 saturated carbocycles. The molecule has 0 heterocycles. The number of nitrogens with two attached hydrogens (primary N) is 1. The molecule has 0 unspecified atom stereocenters. The van der Waals surface area contributed by atoms with E-state index in [2.05, 4.69) is 0 Å². The Morgan fingerprint density at radius 2 is 1.31 bits per heavy atom. The molecule has 1 rings (SSSR count). The molecule has 0 amide bonds. The van der Waals surface area contributed by atoms with Gasteiger partial charge in [-0.25, -0.2) is 0 Å². The van der Waals surface area contributed by atoms with Crippen LogP contribution in [0.1, 0.15) is 91.5 Å². The third kappa shape index (κ3) is 11.7. The minimum atomic E-state index is -1.01. The number of ether oxygens (including phenoxy) is 4. The number of carbonyl (C=O) groups is 4. The number of unbranched alkanes of at least 4 members (excludes halogenated alkanes) is 2. The lowest BCUT2D eigenvalue weighted by Crippen LogP contribution is -2.39. The fraction of sp³-hybridized carbons (Fsp3) is 0.630. The van der Waals surface area contributed by atoms with Crippen molar-refractivity contribution in [2.75, 3.05) is 0 Å². The lowest BCUT2D eigenvalue weighted by atomic mass is 10.1.